The fraction of sp³-hybridized carbons (Fsp3) is 0.500. The Balaban J connectivity index is 0.00000225. The second-order valence-electron chi connectivity index (χ2n) is 3.80. The second kappa shape index (κ2) is 7.40. The lowest BCUT2D eigenvalue weighted by atomic mass is 10.1. The maximum absolute atomic E-state index is 10.1. The highest BCUT2D eigenvalue weighted by Crippen LogP contribution is 2.23. The maximum Gasteiger partial charge on any atom is 0.144 e. The molecule has 0 bridgehead atoms. The van der Waals surface area contributed by atoms with Gasteiger partial charge in [0.2, 0.25) is 0 Å². The van der Waals surface area contributed by atoms with Crippen molar-refractivity contribution in [3.63, 3.8) is 0 Å². The number of aliphatic hydroxyl groups excluding tert-OH is 1. The summed E-state index contributed by atoms with van der Waals surface area (Å²) in [5, 5.41) is 10.4. The van der Waals surface area contributed by atoms with Crippen molar-refractivity contribution in [1.29, 1.82) is 0 Å². The van der Waals surface area contributed by atoms with E-state index >= 15 is 0 Å². The zero-order chi connectivity index (χ0) is 11.4. The van der Waals surface area contributed by atoms with E-state index in [1.165, 1.54) is 0 Å². The molecule has 2 unspecified atom stereocenters. The van der Waals surface area contributed by atoms with Crippen LogP contribution in [-0.4, -0.2) is 30.0 Å². The van der Waals surface area contributed by atoms with Gasteiger partial charge < -0.3 is 33.8 Å². The molecule has 0 spiro atoms. The normalized spacial score (nSPS) is 14.1. The predicted octanol–water partition coefficient (Wildman–Crippen LogP) is -1.00. The van der Waals surface area contributed by atoms with Crippen molar-refractivity contribution in [3.05, 3.63) is 29.8 Å². The topological polar surface area (TPSA) is 29.5 Å². The first-order valence-corrected chi connectivity index (χ1v) is 7.05. The van der Waals surface area contributed by atoms with Crippen molar-refractivity contribution in [3.8, 4) is 5.75 Å². The van der Waals surface area contributed by atoms with Gasteiger partial charge in [-0.1, -0.05) is 12.1 Å². The lowest BCUT2D eigenvalue weighted by molar-refractivity contribution is -0.00000519. The summed E-state index contributed by atoms with van der Waals surface area (Å²) in [5.41, 5.74) is 0.963. The van der Waals surface area contributed by atoms with Gasteiger partial charge >= 0.3 is 0 Å². The van der Waals surface area contributed by atoms with E-state index < -0.39 is 0 Å². The Morgan fingerprint density at radius 1 is 1.19 bits per heavy atom. The molecular weight excluding hydrogens is 335 g/mol. The van der Waals surface area contributed by atoms with Gasteiger partial charge in [-0.05, 0) is 35.5 Å². The Kier molecular flexibility index (Phi) is 7.43. The molecule has 92 valence electrons. The van der Waals surface area contributed by atoms with Crippen LogP contribution >= 0.6 is 0 Å². The second-order valence-corrected chi connectivity index (χ2v) is 6.31. The van der Waals surface area contributed by atoms with Crippen LogP contribution in [0.4, 0.5) is 0 Å². The van der Waals surface area contributed by atoms with E-state index in [2.05, 4.69) is 19.4 Å². The molecule has 0 radical (unpaired) electrons. The molecule has 0 aliphatic heterocycles. The van der Waals surface area contributed by atoms with E-state index in [-0.39, 0.29) is 41.0 Å². The molecule has 16 heavy (non-hydrogen) atoms. The van der Waals surface area contributed by atoms with Crippen LogP contribution in [-0.2, 0) is 10.9 Å². The summed E-state index contributed by atoms with van der Waals surface area (Å²) >= 11 is 0. The summed E-state index contributed by atoms with van der Waals surface area (Å²) in [6.45, 7) is 2.08. The van der Waals surface area contributed by atoms with Crippen LogP contribution in [0.25, 0.3) is 0 Å². The van der Waals surface area contributed by atoms with Gasteiger partial charge in [0.15, 0.2) is 0 Å². The zero-order valence-corrected chi connectivity index (χ0v) is 13.1. The zero-order valence-electron chi connectivity index (χ0n) is 10.1. The number of hydrogen-bond donors (Lipinski definition) is 1. The monoisotopic (exact) mass is 354 g/mol. The molecule has 0 saturated carbocycles. The van der Waals surface area contributed by atoms with Crippen LogP contribution in [0.15, 0.2) is 24.3 Å². The minimum atomic E-state index is -0.380. The Morgan fingerprint density at radius 2 is 1.69 bits per heavy atom. The van der Waals surface area contributed by atoms with E-state index in [4.69, 9.17) is 4.74 Å². The van der Waals surface area contributed by atoms with Gasteiger partial charge in [0.05, 0.1) is 19.6 Å². The van der Waals surface area contributed by atoms with E-state index in [0.717, 1.165) is 11.3 Å². The minimum Gasteiger partial charge on any atom is -1.00 e. The number of rotatable bonds is 4. The van der Waals surface area contributed by atoms with Crippen molar-refractivity contribution in [2.75, 3.05) is 19.6 Å². The summed E-state index contributed by atoms with van der Waals surface area (Å²) in [6, 6.07) is 7.61. The summed E-state index contributed by atoms with van der Waals surface area (Å²) in [7, 11) is 1.86. The van der Waals surface area contributed by atoms with E-state index in [9.17, 15) is 5.11 Å². The lowest BCUT2D eigenvalue weighted by Gasteiger charge is -2.16. The average molecular weight is 354 g/mol. The Hall–Kier alpha value is 0.0600. The molecule has 1 aromatic rings. The average Bonchev–Trinajstić information content (AvgIpc) is 2.27. The van der Waals surface area contributed by atoms with Gasteiger partial charge in [0.1, 0.15) is 17.1 Å². The van der Waals surface area contributed by atoms with Crippen LogP contribution in [0.3, 0.4) is 0 Å². The standard InChI is InChI=1S/C12H19O2S.HI/c1-9(15(3)4)12(13)10-5-7-11(14-2)8-6-10;/h5-9,12-13H,1-4H3;1H/q+1;/p-1. The number of ether oxygens (including phenoxy) is 1. The molecule has 2 nitrogen and oxygen atoms in total. The smallest absolute Gasteiger partial charge is 0.144 e. The highest BCUT2D eigenvalue weighted by Gasteiger charge is 2.26. The van der Waals surface area contributed by atoms with E-state index in [1.807, 2.05) is 24.3 Å². The number of aliphatic hydroxyl groups is 1. The Labute approximate surface area is 118 Å². The Morgan fingerprint density at radius 3 is 2.06 bits per heavy atom. The van der Waals surface area contributed by atoms with Gasteiger partial charge in [-0.25, -0.2) is 0 Å². The molecule has 0 fully saturated rings. The molecule has 0 saturated heterocycles. The van der Waals surface area contributed by atoms with Gasteiger partial charge in [0.25, 0.3) is 0 Å². The first-order chi connectivity index (χ1) is 7.06. The molecule has 0 heterocycles. The van der Waals surface area contributed by atoms with Gasteiger partial charge in [-0.3, -0.25) is 0 Å². The summed E-state index contributed by atoms with van der Waals surface area (Å²) in [6.07, 6.45) is 3.92. The molecule has 0 amide bonds. The molecular formula is C12H19IO2S. The number of benzene rings is 1. The third-order valence-electron chi connectivity index (χ3n) is 2.65. The van der Waals surface area contributed by atoms with Crippen molar-refractivity contribution in [1.82, 2.24) is 0 Å². The van der Waals surface area contributed by atoms with E-state index in [0.29, 0.717) is 5.25 Å². The van der Waals surface area contributed by atoms with Crippen molar-refractivity contribution in [2.24, 2.45) is 0 Å². The highest BCUT2D eigenvalue weighted by atomic mass is 127. The minimum absolute atomic E-state index is 0. The molecule has 4 heteroatoms. The first-order valence-electron chi connectivity index (χ1n) is 4.94. The van der Waals surface area contributed by atoms with E-state index in [1.54, 1.807) is 7.11 Å². The molecule has 0 aliphatic rings. The van der Waals surface area contributed by atoms with Crippen LogP contribution in [0, 0.1) is 0 Å². The lowest BCUT2D eigenvalue weighted by Crippen LogP contribution is -3.00. The summed E-state index contributed by atoms with van der Waals surface area (Å²) in [5.74, 6) is 0.825. The fourth-order valence-corrected chi connectivity index (χ4v) is 2.00. The SMILES string of the molecule is COc1ccc(C(O)C(C)[S+](C)C)cc1.[I-]. The summed E-state index contributed by atoms with van der Waals surface area (Å²) < 4.78 is 5.08. The van der Waals surface area contributed by atoms with Crippen LogP contribution in [0.5, 0.6) is 5.75 Å². The van der Waals surface area contributed by atoms with Crippen molar-refractivity contribution < 1.29 is 33.8 Å². The molecule has 1 rings (SSSR count). The van der Waals surface area contributed by atoms with Crippen LogP contribution in [0.1, 0.15) is 18.6 Å². The quantitative estimate of drug-likeness (QED) is 0.555. The van der Waals surface area contributed by atoms with Crippen LogP contribution < -0.4 is 28.7 Å². The summed E-state index contributed by atoms with van der Waals surface area (Å²) in [4.78, 5) is 0. The van der Waals surface area contributed by atoms with Gasteiger partial charge in [0, 0.05) is 0 Å². The Bertz CT molecular complexity index is 300. The third kappa shape index (κ3) is 4.14. The van der Waals surface area contributed by atoms with Gasteiger partial charge in [-0.2, -0.15) is 0 Å². The van der Waals surface area contributed by atoms with Gasteiger partial charge in [-0.15, -0.1) is 0 Å². The van der Waals surface area contributed by atoms with Crippen LogP contribution in [0.2, 0.25) is 0 Å². The number of halogens is 1. The predicted molar refractivity (Wildman–Crippen MR) is 66.6 cm³/mol. The first kappa shape index (κ1) is 16.1. The molecule has 0 aromatic heterocycles. The number of methoxy groups -OCH3 is 1. The number of hydrogen-bond acceptors (Lipinski definition) is 2. The molecule has 1 N–H and O–H groups in total. The molecule has 2 atom stereocenters. The highest BCUT2D eigenvalue weighted by molar-refractivity contribution is 7.96. The molecule has 1 aromatic carbocycles. The van der Waals surface area contributed by atoms with Crippen molar-refractivity contribution >= 4 is 10.9 Å². The maximum atomic E-state index is 10.1. The third-order valence-corrected chi connectivity index (χ3v) is 4.39. The van der Waals surface area contributed by atoms with Crippen molar-refractivity contribution in [2.45, 2.75) is 18.3 Å². The molecule has 0 aliphatic carbocycles. The fourth-order valence-electron chi connectivity index (χ4n) is 1.33. The largest absolute Gasteiger partial charge is 1.00 e.